The van der Waals surface area contributed by atoms with Gasteiger partial charge in [0.2, 0.25) is 8.32 Å². The fraction of sp³-hybridized carbons (Fsp3) is 0.750. The summed E-state index contributed by atoms with van der Waals surface area (Å²) in [6.07, 6.45) is 1.34. The van der Waals surface area contributed by atoms with Crippen molar-refractivity contribution >= 4 is 28.7 Å². The third-order valence-corrected chi connectivity index (χ3v) is 2.68. The van der Waals surface area contributed by atoms with Crippen molar-refractivity contribution in [3.8, 4) is 0 Å². The van der Waals surface area contributed by atoms with Gasteiger partial charge in [-0.3, -0.25) is 0 Å². The van der Waals surface area contributed by atoms with Crippen molar-refractivity contribution in [3.63, 3.8) is 0 Å². The second kappa shape index (κ2) is 4.19. The normalized spacial score (nSPS) is 13.4. The van der Waals surface area contributed by atoms with Crippen LogP contribution >= 0.6 is 0 Å². The molecule has 0 aromatic carbocycles. The van der Waals surface area contributed by atoms with Crippen LogP contribution < -0.4 is 0 Å². The molecule has 0 heterocycles. The molecule has 76 valence electrons. The first-order valence-corrected chi connectivity index (χ1v) is 11.2. The Morgan fingerprint density at radius 2 is 1.62 bits per heavy atom. The van der Waals surface area contributed by atoms with Gasteiger partial charge < -0.3 is 9.08 Å². The van der Waals surface area contributed by atoms with Gasteiger partial charge in [0.1, 0.15) is 0 Å². The Labute approximate surface area is 82.4 Å². The predicted molar refractivity (Wildman–Crippen MR) is 61.3 cm³/mol. The molecular weight excluding hydrogens is 198 g/mol. The number of carbonyl (C=O) groups is 1. The highest BCUT2D eigenvalue weighted by Gasteiger charge is 2.19. The summed E-state index contributed by atoms with van der Waals surface area (Å²) in [7, 11) is -3.25. The van der Waals surface area contributed by atoms with Crippen LogP contribution in [0.1, 0.15) is 0 Å². The standard InChI is InChI=1S/C8H19NO2Si2/c1-12(2,3)9-7-8(10)11-13(4,5)6/h7H,1-6H3/b9-7+. The average Bonchev–Trinajstić information content (AvgIpc) is 1.78. The molecule has 0 saturated carbocycles. The Morgan fingerprint density at radius 3 is 1.92 bits per heavy atom. The summed E-state index contributed by atoms with van der Waals surface area (Å²) in [6, 6.07) is 0. The van der Waals surface area contributed by atoms with Gasteiger partial charge in [-0.2, -0.15) is 0 Å². The first kappa shape index (κ1) is 12.6. The minimum Gasteiger partial charge on any atom is -0.516 e. The molecule has 0 spiro atoms. The van der Waals surface area contributed by atoms with Gasteiger partial charge in [-0.25, -0.2) is 4.79 Å². The number of hydrogen-bond acceptors (Lipinski definition) is 3. The zero-order chi connectivity index (χ0) is 10.7. The summed E-state index contributed by atoms with van der Waals surface area (Å²) in [6.45, 7) is 12.2. The summed E-state index contributed by atoms with van der Waals surface area (Å²) in [5.41, 5.74) is 0. The lowest BCUT2D eigenvalue weighted by atomic mass is 10.8. The zero-order valence-electron chi connectivity index (χ0n) is 9.34. The summed E-state index contributed by atoms with van der Waals surface area (Å²) in [4.78, 5) is 11.2. The van der Waals surface area contributed by atoms with E-state index in [1.807, 2.05) is 19.6 Å². The number of hydrogen-bond donors (Lipinski definition) is 0. The molecule has 0 aliphatic heterocycles. The van der Waals surface area contributed by atoms with Gasteiger partial charge in [0.05, 0.1) is 6.21 Å². The van der Waals surface area contributed by atoms with Gasteiger partial charge in [0, 0.05) is 0 Å². The van der Waals surface area contributed by atoms with E-state index >= 15 is 0 Å². The van der Waals surface area contributed by atoms with Crippen molar-refractivity contribution in [1.29, 1.82) is 0 Å². The lowest BCUT2D eigenvalue weighted by Gasteiger charge is -2.16. The van der Waals surface area contributed by atoms with Crippen molar-refractivity contribution in [2.24, 2.45) is 4.66 Å². The Hall–Kier alpha value is -0.426. The van der Waals surface area contributed by atoms with E-state index in [4.69, 9.17) is 4.43 Å². The average molecular weight is 217 g/mol. The molecular formula is C8H19NO2Si2. The molecule has 0 saturated heterocycles. The van der Waals surface area contributed by atoms with Crippen molar-refractivity contribution in [1.82, 2.24) is 0 Å². The molecule has 0 aliphatic rings. The highest BCUT2D eigenvalue weighted by Crippen LogP contribution is 2.03. The lowest BCUT2D eigenvalue weighted by Crippen LogP contribution is -2.30. The second-order valence-electron chi connectivity index (χ2n) is 4.96. The van der Waals surface area contributed by atoms with Gasteiger partial charge >= 0.3 is 5.97 Å². The van der Waals surface area contributed by atoms with Crippen molar-refractivity contribution in [2.45, 2.75) is 39.3 Å². The van der Waals surface area contributed by atoms with E-state index in [1.165, 1.54) is 6.21 Å². The molecule has 0 rings (SSSR count). The van der Waals surface area contributed by atoms with Crippen LogP contribution in [0.3, 0.4) is 0 Å². The lowest BCUT2D eigenvalue weighted by molar-refractivity contribution is -0.127. The predicted octanol–water partition coefficient (Wildman–Crippen LogP) is 2.27. The molecule has 0 N–H and O–H groups in total. The third-order valence-electron chi connectivity index (χ3n) is 0.964. The van der Waals surface area contributed by atoms with Crippen LogP contribution in [-0.4, -0.2) is 28.7 Å². The first-order chi connectivity index (χ1) is 5.60. The molecule has 0 aliphatic carbocycles. The van der Waals surface area contributed by atoms with Crippen LogP contribution in [0.2, 0.25) is 39.3 Å². The van der Waals surface area contributed by atoms with Crippen LogP contribution in [0.25, 0.3) is 0 Å². The molecule has 0 amide bonds. The van der Waals surface area contributed by atoms with Crippen molar-refractivity contribution < 1.29 is 9.22 Å². The maximum atomic E-state index is 11.2. The monoisotopic (exact) mass is 217 g/mol. The van der Waals surface area contributed by atoms with Gasteiger partial charge in [-0.15, -0.1) is 0 Å². The van der Waals surface area contributed by atoms with Crippen LogP contribution in [0.5, 0.6) is 0 Å². The van der Waals surface area contributed by atoms with E-state index < -0.39 is 16.6 Å². The quantitative estimate of drug-likeness (QED) is 0.537. The smallest absolute Gasteiger partial charge is 0.334 e. The number of carbonyl (C=O) groups excluding carboxylic acids is 1. The Kier molecular flexibility index (Phi) is 4.05. The van der Waals surface area contributed by atoms with E-state index in [2.05, 4.69) is 24.3 Å². The summed E-state index contributed by atoms with van der Waals surface area (Å²) in [5, 5.41) is 0. The molecule has 0 aromatic rings. The molecule has 0 atom stereocenters. The maximum Gasteiger partial charge on any atom is 0.334 e. The SMILES string of the molecule is C[Si](C)(C)/N=C/C(=O)O[Si](C)(C)C. The van der Waals surface area contributed by atoms with Crippen LogP contribution in [0.4, 0.5) is 0 Å². The van der Waals surface area contributed by atoms with E-state index in [1.54, 1.807) is 0 Å². The molecule has 3 nitrogen and oxygen atoms in total. The molecule has 0 bridgehead atoms. The minimum absolute atomic E-state index is 0.290. The minimum atomic E-state index is -1.74. The van der Waals surface area contributed by atoms with E-state index in [9.17, 15) is 4.79 Å². The molecule has 13 heavy (non-hydrogen) atoms. The van der Waals surface area contributed by atoms with Gasteiger partial charge in [-0.1, -0.05) is 0 Å². The van der Waals surface area contributed by atoms with Gasteiger partial charge in [0.15, 0.2) is 8.24 Å². The fourth-order valence-corrected chi connectivity index (χ4v) is 1.72. The summed E-state index contributed by atoms with van der Waals surface area (Å²) >= 11 is 0. The fourth-order valence-electron chi connectivity index (χ4n) is 0.574. The maximum absolute atomic E-state index is 11.2. The Bertz CT molecular complexity index is 213. The zero-order valence-corrected chi connectivity index (χ0v) is 11.3. The first-order valence-electron chi connectivity index (χ1n) is 4.38. The number of rotatable bonds is 3. The molecule has 5 heteroatoms. The second-order valence-corrected chi connectivity index (χ2v) is 14.0. The molecule has 0 aromatic heterocycles. The van der Waals surface area contributed by atoms with Gasteiger partial charge in [0.25, 0.3) is 0 Å². The topological polar surface area (TPSA) is 38.7 Å². The van der Waals surface area contributed by atoms with Crippen molar-refractivity contribution in [2.75, 3.05) is 0 Å². The van der Waals surface area contributed by atoms with Crippen LogP contribution in [-0.2, 0) is 9.22 Å². The Balaban J connectivity index is 4.11. The van der Waals surface area contributed by atoms with Gasteiger partial charge in [-0.05, 0) is 39.3 Å². The number of nitrogens with zero attached hydrogens (tertiary/aromatic N) is 1. The summed E-state index contributed by atoms with van der Waals surface area (Å²) in [5.74, 6) is -0.290. The summed E-state index contributed by atoms with van der Waals surface area (Å²) < 4.78 is 9.41. The Morgan fingerprint density at radius 1 is 1.15 bits per heavy atom. The molecule has 0 fully saturated rings. The van der Waals surface area contributed by atoms with Crippen LogP contribution in [0, 0.1) is 0 Å². The molecule has 0 unspecified atom stereocenters. The van der Waals surface area contributed by atoms with E-state index in [0.717, 1.165) is 0 Å². The largest absolute Gasteiger partial charge is 0.516 e. The third kappa shape index (κ3) is 9.49. The van der Waals surface area contributed by atoms with E-state index in [-0.39, 0.29) is 5.97 Å². The highest BCUT2D eigenvalue weighted by molar-refractivity contribution is 6.76. The molecule has 0 radical (unpaired) electrons. The van der Waals surface area contributed by atoms with E-state index in [0.29, 0.717) is 0 Å². The highest BCUT2D eigenvalue weighted by atomic mass is 28.4. The van der Waals surface area contributed by atoms with Crippen molar-refractivity contribution in [3.05, 3.63) is 0 Å². The van der Waals surface area contributed by atoms with Crippen LogP contribution in [0.15, 0.2) is 4.66 Å².